The Kier molecular flexibility index (Phi) is 7.20. The first-order valence-electron chi connectivity index (χ1n) is 7.49. The third kappa shape index (κ3) is 5.61. The quantitative estimate of drug-likeness (QED) is 0.768. The van der Waals surface area contributed by atoms with Gasteiger partial charge in [0.25, 0.3) is 0 Å². The number of ether oxygens (including phenoxy) is 1. The molecule has 1 rings (SSSR count). The lowest BCUT2D eigenvalue weighted by Gasteiger charge is -2.35. The Morgan fingerprint density at radius 1 is 1.20 bits per heavy atom. The molecule has 0 aromatic heterocycles. The topological polar surface area (TPSA) is 47.3 Å². The smallest absolute Gasteiger partial charge is 0.0616 e. The van der Waals surface area contributed by atoms with Crippen molar-refractivity contribution in [1.82, 2.24) is 5.32 Å². The van der Waals surface area contributed by atoms with Crippen LogP contribution in [0.2, 0.25) is 0 Å². The number of nitrogens with two attached hydrogens (primary N) is 1. The fraction of sp³-hybridized carbons (Fsp3) is 0.647. The van der Waals surface area contributed by atoms with Crippen molar-refractivity contribution in [3.05, 3.63) is 35.9 Å². The van der Waals surface area contributed by atoms with Crippen molar-refractivity contribution in [2.45, 2.75) is 45.7 Å². The standard InChI is InChI=1S/C17H30N2O/c1-17(2,3)16(14-9-6-5-7-10-14)19-15(13-20-4)11-8-12-18/h5-7,9-10,15-16,19H,8,11-13,18H2,1-4H3. The van der Waals surface area contributed by atoms with E-state index in [1.165, 1.54) is 5.56 Å². The molecule has 3 heteroatoms. The van der Waals surface area contributed by atoms with Gasteiger partial charge in [-0.2, -0.15) is 0 Å². The van der Waals surface area contributed by atoms with Crippen molar-refractivity contribution < 1.29 is 4.74 Å². The van der Waals surface area contributed by atoms with Gasteiger partial charge < -0.3 is 15.8 Å². The summed E-state index contributed by atoms with van der Waals surface area (Å²) in [5, 5.41) is 3.77. The average Bonchev–Trinajstić information content (AvgIpc) is 2.41. The zero-order valence-electron chi connectivity index (χ0n) is 13.4. The van der Waals surface area contributed by atoms with Gasteiger partial charge in [-0.15, -0.1) is 0 Å². The molecule has 0 aliphatic heterocycles. The fourth-order valence-electron chi connectivity index (χ4n) is 2.51. The average molecular weight is 278 g/mol. The summed E-state index contributed by atoms with van der Waals surface area (Å²) < 4.78 is 5.35. The molecule has 2 unspecified atom stereocenters. The molecule has 0 amide bonds. The molecule has 0 saturated heterocycles. The molecule has 0 fully saturated rings. The molecule has 0 spiro atoms. The van der Waals surface area contributed by atoms with Crippen molar-refractivity contribution in [1.29, 1.82) is 0 Å². The van der Waals surface area contributed by atoms with E-state index in [-0.39, 0.29) is 5.41 Å². The van der Waals surface area contributed by atoms with Gasteiger partial charge in [-0.05, 0) is 30.4 Å². The fourth-order valence-corrected chi connectivity index (χ4v) is 2.51. The summed E-state index contributed by atoms with van der Waals surface area (Å²) in [4.78, 5) is 0. The SMILES string of the molecule is COCC(CCCN)NC(c1ccccc1)C(C)(C)C. The summed E-state index contributed by atoms with van der Waals surface area (Å²) in [5.74, 6) is 0. The van der Waals surface area contributed by atoms with Crippen LogP contribution in [0.15, 0.2) is 30.3 Å². The number of hydrogen-bond donors (Lipinski definition) is 2. The highest BCUT2D eigenvalue weighted by atomic mass is 16.5. The monoisotopic (exact) mass is 278 g/mol. The molecule has 0 heterocycles. The molecule has 1 aromatic carbocycles. The van der Waals surface area contributed by atoms with E-state index in [4.69, 9.17) is 10.5 Å². The Hall–Kier alpha value is -0.900. The number of hydrogen-bond acceptors (Lipinski definition) is 3. The second kappa shape index (κ2) is 8.40. The molecule has 0 radical (unpaired) electrons. The summed E-state index contributed by atoms with van der Waals surface area (Å²) in [7, 11) is 1.76. The van der Waals surface area contributed by atoms with Gasteiger partial charge in [-0.25, -0.2) is 0 Å². The van der Waals surface area contributed by atoms with E-state index in [0.29, 0.717) is 12.1 Å². The minimum atomic E-state index is 0.149. The highest BCUT2D eigenvalue weighted by molar-refractivity contribution is 5.21. The molecule has 3 N–H and O–H groups in total. The first-order chi connectivity index (χ1) is 9.49. The molecule has 0 bridgehead atoms. The van der Waals surface area contributed by atoms with E-state index in [2.05, 4.69) is 56.4 Å². The number of methoxy groups -OCH3 is 1. The third-order valence-corrected chi connectivity index (χ3v) is 3.53. The highest BCUT2D eigenvalue weighted by Gasteiger charge is 2.28. The Balaban J connectivity index is 2.83. The van der Waals surface area contributed by atoms with Crippen LogP contribution in [0.25, 0.3) is 0 Å². The molecule has 2 atom stereocenters. The normalized spacial score (nSPS) is 15.1. The Morgan fingerprint density at radius 2 is 1.85 bits per heavy atom. The van der Waals surface area contributed by atoms with Crippen LogP contribution in [0.4, 0.5) is 0 Å². The van der Waals surface area contributed by atoms with Crippen LogP contribution in [0.5, 0.6) is 0 Å². The Bertz CT molecular complexity index is 359. The van der Waals surface area contributed by atoms with Gasteiger partial charge in [0.05, 0.1) is 6.61 Å². The zero-order valence-corrected chi connectivity index (χ0v) is 13.4. The van der Waals surface area contributed by atoms with E-state index in [0.717, 1.165) is 26.0 Å². The van der Waals surface area contributed by atoms with Gasteiger partial charge in [-0.3, -0.25) is 0 Å². The van der Waals surface area contributed by atoms with E-state index in [1.54, 1.807) is 7.11 Å². The molecule has 0 saturated carbocycles. The molecule has 0 aliphatic carbocycles. The highest BCUT2D eigenvalue weighted by Crippen LogP contribution is 2.33. The van der Waals surface area contributed by atoms with Crippen LogP contribution in [-0.2, 0) is 4.74 Å². The summed E-state index contributed by atoms with van der Waals surface area (Å²) in [6.45, 7) is 8.26. The summed E-state index contributed by atoms with van der Waals surface area (Å²) in [6, 6.07) is 11.3. The zero-order chi connectivity index (χ0) is 15.0. The molecular weight excluding hydrogens is 248 g/mol. The van der Waals surface area contributed by atoms with Crippen LogP contribution in [0.3, 0.4) is 0 Å². The lowest BCUT2D eigenvalue weighted by Crippen LogP contribution is -2.42. The van der Waals surface area contributed by atoms with Crippen molar-refractivity contribution in [2.75, 3.05) is 20.3 Å². The van der Waals surface area contributed by atoms with Gasteiger partial charge >= 0.3 is 0 Å². The van der Waals surface area contributed by atoms with E-state index < -0.39 is 0 Å². The molecule has 0 aliphatic rings. The Morgan fingerprint density at radius 3 is 2.35 bits per heavy atom. The largest absolute Gasteiger partial charge is 0.383 e. The van der Waals surface area contributed by atoms with Gasteiger partial charge in [0, 0.05) is 19.2 Å². The van der Waals surface area contributed by atoms with E-state index in [9.17, 15) is 0 Å². The van der Waals surface area contributed by atoms with Crippen molar-refractivity contribution in [2.24, 2.45) is 11.1 Å². The van der Waals surface area contributed by atoms with Gasteiger partial charge in [-0.1, -0.05) is 51.1 Å². The first-order valence-corrected chi connectivity index (χ1v) is 7.49. The minimum Gasteiger partial charge on any atom is -0.383 e. The molecular formula is C17H30N2O. The van der Waals surface area contributed by atoms with Crippen LogP contribution in [0.1, 0.15) is 45.2 Å². The van der Waals surface area contributed by atoms with Gasteiger partial charge in [0.1, 0.15) is 0 Å². The predicted molar refractivity (Wildman–Crippen MR) is 85.7 cm³/mol. The molecule has 114 valence electrons. The van der Waals surface area contributed by atoms with Crippen molar-refractivity contribution >= 4 is 0 Å². The van der Waals surface area contributed by atoms with E-state index in [1.807, 2.05) is 0 Å². The number of nitrogens with one attached hydrogen (secondary N) is 1. The lowest BCUT2D eigenvalue weighted by atomic mass is 9.81. The molecule has 3 nitrogen and oxygen atoms in total. The number of rotatable bonds is 8. The number of benzene rings is 1. The van der Waals surface area contributed by atoms with Crippen LogP contribution in [-0.4, -0.2) is 26.3 Å². The van der Waals surface area contributed by atoms with E-state index >= 15 is 0 Å². The Labute approximate surface area is 123 Å². The van der Waals surface area contributed by atoms with Crippen molar-refractivity contribution in [3.63, 3.8) is 0 Å². The maximum absolute atomic E-state index is 5.63. The van der Waals surface area contributed by atoms with Crippen LogP contribution < -0.4 is 11.1 Å². The maximum atomic E-state index is 5.63. The summed E-state index contributed by atoms with van der Waals surface area (Å²) >= 11 is 0. The summed E-state index contributed by atoms with van der Waals surface area (Å²) in [6.07, 6.45) is 2.07. The minimum absolute atomic E-state index is 0.149. The van der Waals surface area contributed by atoms with Crippen molar-refractivity contribution in [3.8, 4) is 0 Å². The summed E-state index contributed by atoms with van der Waals surface area (Å²) in [5.41, 5.74) is 7.11. The first kappa shape index (κ1) is 17.2. The molecule has 20 heavy (non-hydrogen) atoms. The van der Waals surface area contributed by atoms with Crippen LogP contribution in [0, 0.1) is 5.41 Å². The van der Waals surface area contributed by atoms with Gasteiger partial charge in [0.2, 0.25) is 0 Å². The van der Waals surface area contributed by atoms with Gasteiger partial charge in [0.15, 0.2) is 0 Å². The third-order valence-electron chi connectivity index (χ3n) is 3.53. The second-order valence-electron chi connectivity index (χ2n) is 6.46. The molecule has 1 aromatic rings. The van der Waals surface area contributed by atoms with Crippen LogP contribution >= 0.6 is 0 Å². The predicted octanol–water partition coefficient (Wildman–Crippen LogP) is 3.12. The maximum Gasteiger partial charge on any atom is 0.0616 e. The second-order valence-corrected chi connectivity index (χ2v) is 6.46. The lowest BCUT2D eigenvalue weighted by molar-refractivity contribution is 0.138.